The average Bonchev–Trinajstić information content (AvgIpc) is 3.12. The Morgan fingerprint density at radius 2 is 1.80 bits per heavy atom. The molecule has 1 aromatic rings. The van der Waals surface area contributed by atoms with Crippen LogP contribution in [0.4, 0.5) is 0 Å². The Kier molecular flexibility index (Phi) is 6.29. The second-order valence-electron chi connectivity index (χ2n) is 6.39. The maximum atomic E-state index is 12.8. The number of hydrogen-bond acceptors (Lipinski definition) is 5. The molecule has 1 aliphatic rings. The molecule has 1 aromatic carbocycles. The normalized spacial score (nSPS) is 16.1. The Bertz CT molecular complexity index is 712. The number of ether oxygens (including phenoxy) is 2. The fourth-order valence-electron chi connectivity index (χ4n) is 2.83. The summed E-state index contributed by atoms with van der Waals surface area (Å²) in [5, 5.41) is 0. The molecule has 25 heavy (non-hydrogen) atoms. The molecular weight excluding hydrogens is 344 g/mol. The van der Waals surface area contributed by atoms with Crippen molar-refractivity contribution in [2.24, 2.45) is 5.92 Å². The van der Waals surface area contributed by atoms with Gasteiger partial charge in [-0.1, -0.05) is 13.8 Å². The highest BCUT2D eigenvalue weighted by Gasteiger charge is 2.33. The standard InChI is InChI=1S/C17H26N2O5S/c1-12(2)16(17(20)19-9-5-6-10-19)18-25(21,22)15-8-7-13(23-3)11-14(15)24-4/h7-8,11-12,16,18H,5-6,9-10H2,1-4H3/t16-/m0/s1. The van der Waals surface area contributed by atoms with Gasteiger partial charge < -0.3 is 14.4 Å². The summed E-state index contributed by atoms with van der Waals surface area (Å²) in [7, 11) is -1.04. The molecule has 7 nitrogen and oxygen atoms in total. The van der Waals surface area contributed by atoms with Crippen LogP contribution in [-0.2, 0) is 14.8 Å². The van der Waals surface area contributed by atoms with Crippen molar-refractivity contribution >= 4 is 15.9 Å². The van der Waals surface area contributed by atoms with E-state index in [1.165, 1.54) is 26.4 Å². The van der Waals surface area contributed by atoms with E-state index >= 15 is 0 Å². The van der Waals surface area contributed by atoms with Crippen LogP contribution >= 0.6 is 0 Å². The van der Waals surface area contributed by atoms with Crippen LogP contribution in [0.2, 0.25) is 0 Å². The van der Waals surface area contributed by atoms with Gasteiger partial charge in [-0.25, -0.2) is 8.42 Å². The van der Waals surface area contributed by atoms with E-state index in [1.54, 1.807) is 11.0 Å². The minimum absolute atomic E-state index is 0.0179. The van der Waals surface area contributed by atoms with E-state index in [2.05, 4.69) is 4.72 Å². The molecule has 140 valence electrons. The average molecular weight is 370 g/mol. The van der Waals surface area contributed by atoms with E-state index in [9.17, 15) is 13.2 Å². The van der Waals surface area contributed by atoms with Crippen LogP contribution in [0.25, 0.3) is 0 Å². The number of hydrogen-bond donors (Lipinski definition) is 1. The monoisotopic (exact) mass is 370 g/mol. The highest BCUT2D eigenvalue weighted by Crippen LogP contribution is 2.29. The Morgan fingerprint density at radius 3 is 2.32 bits per heavy atom. The minimum atomic E-state index is -3.92. The van der Waals surface area contributed by atoms with E-state index < -0.39 is 16.1 Å². The molecule has 1 saturated heterocycles. The molecule has 1 heterocycles. The fourth-order valence-corrected chi connectivity index (χ4v) is 4.32. The zero-order chi connectivity index (χ0) is 18.6. The molecule has 1 N–H and O–H groups in total. The summed E-state index contributed by atoms with van der Waals surface area (Å²) in [5.74, 6) is 0.308. The third-order valence-electron chi connectivity index (χ3n) is 4.29. The van der Waals surface area contributed by atoms with Gasteiger partial charge in [-0.3, -0.25) is 4.79 Å². The highest BCUT2D eigenvalue weighted by molar-refractivity contribution is 7.89. The lowest BCUT2D eigenvalue weighted by atomic mass is 10.0. The van der Waals surface area contributed by atoms with Crippen LogP contribution in [-0.4, -0.2) is 52.6 Å². The minimum Gasteiger partial charge on any atom is -0.497 e. The molecule has 0 radical (unpaired) electrons. The van der Waals surface area contributed by atoms with Gasteiger partial charge in [0.15, 0.2) is 0 Å². The van der Waals surface area contributed by atoms with Crippen molar-refractivity contribution in [2.75, 3.05) is 27.3 Å². The molecule has 0 unspecified atom stereocenters. The van der Waals surface area contributed by atoms with Crippen molar-refractivity contribution < 1.29 is 22.7 Å². The number of carbonyl (C=O) groups excluding carboxylic acids is 1. The second-order valence-corrected chi connectivity index (χ2v) is 8.07. The first-order valence-corrected chi connectivity index (χ1v) is 9.81. The smallest absolute Gasteiger partial charge is 0.244 e. The van der Waals surface area contributed by atoms with Crippen LogP contribution in [0.15, 0.2) is 23.1 Å². The van der Waals surface area contributed by atoms with E-state index in [4.69, 9.17) is 9.47 Å². The zero-order valence-electron chi connectivity index (χ0n) is 15.1. The van der Waals surface area contributed by atoms with Gasteiger partial charge in [0.05, 0.1) is 14.2 Å². The summed E-state index contributed by atoms with van der Waals surface area (Å²) in [5.41, 5.74) is 0. The largest absolute Gasteiger partial charge is 0.497 e. The molecule has 0 aromatic heterocycles. The zero-order valence-corrected chi connectivity index (χ0v) is 15.9. The summed E-state index contributed by atoms with van der Waals surface area (Å²) in [4.78, 5) is 14.4. The lowest BCUT2D eigenvalue weighted by Gasteiger charge is -2.26. The van der Waals surface area contributed by atoms with Gasteiger partial charge >= 0.3 is 0 Å². The van der Waals surface area contributed by atoms with Gasteiger partial charge in [0.2, 0.25) is 15.9 Å². The molecule has 0 aliphatic carbocycles. The third-order valence-corrected chi connectivity index (χ3v) is 5.77. The van der Waals surface area contributed by atoms with Gasteiger partial charge in [-0.2, -0.15) is 4.72 Å². The predicted molar refractivity (Wildman–Crippen MR) is 94.3 cm³/mol. The number of sulfonamides is 1. The van der Waals surface area contributed by atoms with E-state index in [-0.39, 0.29) is 22.5 Å². The highest BCUT2D eigenvalue weighted by atomic mass is 32.2. The molecule has 1 atom stereocenters. The van der Waals surface area contributed by atoms with Crippen LogP contribution in [0.3, 0.4) is 0 Å². The van der Waals surface area contributed by atoms with Crippen molar-refractivity contribution in [2.45, 2.75) is 37.6 Å². The summed E-state index contributed by atoms with van der Waals surface area (Å²) < 4.78 is 38.5. The van der Waals surface area contributed by atoms with Crippen LogP contribution < -0.4 is 14.2 Å². The van der Waals surface area contributed by atoms with E-state index in [1.807, 2.05) is 13.8 Å². The van der Waals surface area contributed by atoms with Gasteiger partial charge in [-0.05, 0) is 30.9 Å². The summed E-state index contributed by atoms with van der Waals surface area (Å²) in [6.45, 7) is 5.00. The second kappa shape index (κ2) is 8.05. The Hall–Kier alpha value is -1.80. The molecule has 2 rings (SSSR count). The van der Waals surface area contributed by atoms with Crippen LogP contribution in [0.1, 0.15) is 26.7 Å². The van der Waals surface area contributed by atoms with Gasteiger partial charge in [0, 0.05) is 19.2 Å². The van der Waals surface area contributed by atoms with E-state index in [0.717, 1.165) is 12.8 Å². The number of rotatable bonds is 7. The Labute approximate surface area is 149 Å². The molecule has 1 fully saturated rings. The number of methoxy groups -OCH3 is 2. The quantitative estimate of drug-likeness (QED) is 0.788. The fraction of sp³-hybridized carbons (Fsp3) is 0.588. The summed E-state index contributed by atoms with van der Waals surface area (Å²) in [6, 6.07) is 3.65. The number of nitrogens with zero attached hydrogens (tertiary/aromatic N) is 1. The lowest BCUT2D eigenvalue weighted by Crippen LogP contribution is -2.50. The van der Waals surface area contributed by atoms with Crippen LogP contribution in [0.5, 0.6) is 11.5 Å². The molecule has 0 saturated carbocycles. The van der Waals surface area contributed by atoms with Gasteiger partial charge in [-0.15, -0.1) is 0 Å². The molecule has 1 amide bonds. The molecule has 8 heteroatoms. The molecular formula is C17H26N2O5S. The third kappa shape index (κ3) is 4.43. The maximum Gasteiger partial charge on any atom is 0.244 e. The first-order chi connectivity index (χ1) is 11.8. The van der Waals surface area contributed by atoms with Crippen molar-refractivity contribution in [3.63, 3.8) is 0 Å². The molecule has 1 aliphatic heterocycles. The van der Waals surface area contributed by atoms with Gasteiger partial charge in [0.1, 0.15) is 22.4 Å². The first kappa shape index (κ1) is 19.5. The van der Waals surface area contributed by atoms with Crippen LogP contribution in [0, 0.1) is 5.92 Å². The van der Waals surface area contributed by atoms with Crippen molar-refractivity contribution in [3.8, 4) is 11.5 Å². The molecule has 0 spiro atoms. The van der Waals surface area contributed by atoms with Crippen molar-refractivity contribution in [1.29, 1.82) is 0 Å². The summed E-state index contributed by atoms with van der Waals surface area (Å²) in [6.07, 6.45) is 1.91. The number of nitrogens with one attached hydrogen (secondary N) is 1. The first-order valence-electron chi connectivity index (χ1n) is 8.33. The number of amides is 1. The topological polar surface area (TPSA) is 84.9 Å². The van der Waals surface area contributed by atoms with Gasteiger partial charge in [0.25, 0.3) is 0 Å². The lowest BCUT2D eigenvalue weighted by molar-refractivity contribution is -0.132. The Morgan fingerprint density at radius 1 is 1.16 bits per heavy atom. The maximum absolute atomic E-state index is 12.8. The van der Waals surface area contributed by atoms with Crippen molar-refractivity contribution in [3.05, 3.63) is 18.2 Å². The van der Waals surface area contributed by atoms with E-state index in [0.29, 0.717) is 18.8 Å². The predicted octanol–water partition coefficient (Wildman–Crippen LogP) is 1.63. The van der Waals surface area contributed by atoms with Crippen molar-refractivity contribution in [1.82, 2.24) is 9.62 Å². The SMILES string of the molecule is COc1ccc(S(=O)(=O)N[C@H](C(=O)N2CCCC2)C(C)C)c(OC)c1. The molecule has 0 bridgehead atoms. The number of benzene rings is 1. The number of likely N-dealkylation sites (tertiary alicyclic amines) is 1. The number of carbonyl (C=O) groups is 1. The Balaban J connectivity index is 2.30. The summed E-state index contributed by atoms with van der Waals surface area (Å²) >= 11 is 0.